The highest BCUT2D eigenvalue weighted by atomic mass is 35.5. The van der Waals surface area contributed by atoms with Crippen LogP contribution in [0.2, 0.25) is 5.02 Å². The number of carbonyl (C=O) groups excluding carboxylic acids is 1. The highest BCUT2D eigenvalue weighted by molar-refractivity contribution is 6.30. The van der Waals surface area contributed by atoms with Crippen molar-refractivity contribution in [2.75, 3.05) is 6.61 Å². The van der Waals surface area contributed by atoms with Crippen molar-refractivity contribution in [3.8, 4) is 5.75 Å². The number of pyridine rings is 1. The van der Waals surface area contributed by atoms with E-state index >= 15 is 0 Å². The quantitative estimate of drug-likeness (QED) is 0.881. The van der Waals surface area contributed by atoms with Crippen LogP contribution in [0, 0.1) is 5.92 Å². The minimum absolute atomic E-state index is 0.152. The van der Waals surface area contributed by atoms with Gasteiger partial charge < -0.3 is 15.2 Å². The summed E-state index contributed by atoms with van der Waals surface area (Å²) in [7, 11) is 0. The zero-order chi connectivity index (χ0) is 17.4. The maximum Gasteiger partial charge on any atom is 0.253 e. The van der Waals surface area contributed by atoms with E-state index in [1.165, 1.54) is 18.0 Å². The summed E-state index contributed by atoms with van der Waals surface area (Å²) in [4.78, 5) is 16.6. The van der Waals surface area contributed by atoms with Crippen LogP contribution >= 0.6 is 11.6 Å². The predicted octanol–water partition coefficient (Wildman–Crippen LogP) is 2.91. The van der Waals surface area contributed by atoms with Crippen LogP contribution < -0.4 is 10.1 Å². The van der Waals surface area contributed by atoms with Crippen LogP contribution in [0.3, 0.4) is 0 Å². The monoisotopic (exact) mass is 358 g/mol. The number of rotatable bonds is 4. The van der Waals surface area contributed by atoms with E-state index in [4.69, 9.17) is 16.3 Å². The molecule has 6 heteroatoms. The van der Waals surface area contributed by atoms with E-state index < -0.39 is 0 Å². The summed E-state index contributed by atoms with van der Waals surface area (Å²) in [5, 5.41) is 13.2. The molecule has 0 spiro atoms. The molecule has 25 heavy (non-hydrogen) atoms. The molecule has 0 unspecified atom stereocenters. The molecule has 0 bridgehead atoms. The highest BCUT2D eigenvalue weighted by Crippen LogP contribution is 2.40. The normalized spacial score (nSPS) is 22.5. The second-order valence-corrected chi connectivity index (χ2v) is 7.13. The van der Waals surface area contributed by atoms with E-state index in [0.29, 0.717) is 30.0 Å². The van der Waals surface area contributed by atoms with Crippen LogP contribution in [0.5, 0.6) is 5.75 Å². The number of carbonyl (C=O) groups is 1. The molecule has 1 atom stereocenters. The number of nitrogens with zero attached hydrogens (tertiary/aromatic N) is 1. The van der Waals surface area contributed by atoms with Gasteiger partial charge in [0, 0.05) is 18.8 Å². The molecular weight excluding hydrogens is 340 g/mol. The zero-order valence-corrected chi connectivity index (χ0v) is 14.4. The first-order valence-electron chi connectivity index (χ1n) is 8.45. The van der Waals surface area contributed by atoms with Gasteiger partial charge in [-0.1, -0.05) is 17.7 Å². The first-order valence-corrected chi connectivity index (χ1v) is 8.83. The van der Waals surface area contributed by atoms with Gasteiger partial charge in [0.1, 0.15) is 5.75 Å². The van der Waals surface area contributed by atoms with Gasteiger partial charge in [0.05, 0.1) is 29.3 Å². The van der Waals surface area contributed by atoms with Crippen molar-refractivity contribution >= 4 is 17.5 Å². The Morgan fingerprint density at radius 1 is 1.32 bits per heavy atom. The molecule has 0 saturated heterocycles. The third-order valence-electron chi connectivity index (χ3n) is 4.95. The number of aliphatic hydroxyl groups is 1. The van der Waals surface area contributed by atoms with E-state index in [-0.39, 0.29) is 24.0 Å². The van der Waals surface area contributed by atoms with Gasteiger partial charge in [0.15, 0.2) is 0 Å². The average Bonchev–Trinajstić information content (AvgIpc) is 3.04. The third-order valence-corrected chi connectivity index (χ3v) is 5.15. The maximum atomic E-state index is 12.6. The molecule has 1 saturated carbocycles. The SMILES string of the molecule is O=C(N[C@@H](c1ccc2c(c1)CCO2)C1CC(O)C1)c1cncc(Cl)c1. The average molecular weight is 359 g/mol. The Bertz CT molecular complexity index is 805. The second kappa shape index (κ2) is 6.65. The van der Waals surface area contributed by atoms with Crippen molar-refractivity contribution in [3.63, 3.8) is 0 Å². The Morgan fingerprint density at radius 2 is 2.16 bits per heavy atom. The Balaban J connectivity index is 1.59. The fraction of sp³-hybridized carbons (Fsp3) is 0.368. The number of ether oxygens (including phenoxy) is 1. The van der Waals surface area contributed by atoms with Gasteiger partial charge in [-0.25, -0.2) is 0 Å². The maximum absolute atomic E-state index is 12.6. The number of amides is 1. The fourth-order valence-electron chi connectivity index (χ4n) is 3.54. The van der Waals surface area contributed by atoms with Crippen LogP contribution in [0.4, 0.5) is 0 Å². The van der Waals surface area contributed by atoms with Crippen LogP contribution in [0.25, 0.3) is 0 Å². The van der Waals surface area contributed by atoms with Crippen molar-refractivity contribution in [2.45, 2.75) is 31.4 Å². The summed E-state index contributed by atoms with van der Waals surface area (Å²) in [6.07, 6.45) is 4.98. The van der Waals surface area contributed by atoms with Crippen molar-refractivity contribution in [3.05, 3.63) is 58.4 Å². The molecule has 2 heterocycles. The summed E-state index contributed by atoms with van der Waals surface area (Å²) >= 11 is 5.94. The molecule has 1 aliphatic carbocycles. The van der Waals surface area contributed by atoms with Crippen LogP contribution in [0.15, 0.2) is 36.7 Å². The zero-order valence-electron chi connectivity index (χ0n) is 13.6. The van der Waals surface area contributed by atoms with Crippen LogP contribution in [-0.2, 0) is 6.42 Å². The Kier molecular flexibility index (Phi) is 4.36. The summed E-state index contributed by atoms with van der Waals surface area (Å²) in [5.74, 6) is 0.922. The second-order valence-electron chi connectivity index (χ2n) is 6.69. The van der Waals surface area contributed by atoms with Gasteiger partial charge in [-0.3, -0.25) is 9.78 Å². The van der Waals surface area contributed by atoms with E-state index in [0.717, 1.165) is 17.7 Å². The first-order chi connectivity index (χ1) is 12.1. The van der Waals surface area contributed by atoms with E-state index in [9.17, 15) is 9.90 Å². The number of aliphatic hydroxyl groups excluding tert-OH is 1. The number of nitrogens with one attached hydrogen (secondary N) is 1. The lowest BCUT2D eigenvalue weighted by atomic mass is 9.74. The number of aromatic nitrogens is 1. The lowest BCUT2D eigenvalue weighted by molar-refractivity contribution is 0.0235. The van der Waals surface area contributed by atoms with Crippen molar-refractivity contribution in [2.24, 2.45) is 5.92 Å². The van der Waals surface area contributed by atoms with Crippen LogP contribution in [-0.4, -0.2) is 28.7 Å². The molecule has 2 N–H and O–H groups in total. The van der Waals surface area contributed by atoms with Crippen LogP contribution in [0.1, 0.15) is 40.4 Å². The molecule has 0 radical (unpaired) electrons. The van der Waals surface area contributed by atoms with E-state index in [1.54, 1.807) is 6.07 Å². The Labute approximate surface area is 151 Å². The lowest BCUT2D eigenvalue weighted by Gasteiger charge is -2.38. The Hall–Kier alpha value is -2.11. The van der Waals surface area contributed by atoms with Crippen molar-refractivity contribution in [1.29, 1.82) is 0 Å². The highest BCUT2D eigenvalue weighted by Gasteiger charge is 2.36. The summed E-state index contributed by atoms with van der Waals surface area (Å²) in [6, 6.07) is 7.52. The number of benzene rings is 1. The minimum Gasteiger partial charge on any atom is -0.493 e. The molecule has 1 aromatic carbocycles. The molecule has 4 rings (SSSR count). The van der Waals surface area contributed by atoms with Gasteiger partial charge in [-0.15, -0.1) is 0 Å². The molecule has 2 aromatic rings. The largest absolute Gasteiger partial charge is 0.493 e. The molecule has 2 aliphatic rings. The molecular formula is C19H19ClN2O3. The summed E-state index contributed by atoms with van der Waals surface area (Å²) in [5.41, 5.74) is 2.65. The molecule has 1 aromatic heterocycles. The van der Waals surface area contributed by atoms with E-state index in [2.05, 4.69) is 16.4 Å². The van der Waals surface area contributed by atoms with Gasteiger partial charge in [0.25, 0.3) is 5.91 Å². The number of halogens is 1. The molecule has 5 nitrogen and oxygen atoms in total. The third kappa shape index (κ3) is 3.34. The number of hydrogen-bond donors (Lipinski definition) is 2. The Morgan fingerprint density at radius 3 is 2.92 bits per heavy atom. The summed E-state index contributed by atoms with van der Waals surface area (Å²) < 4.78 is 5.56. The number of fused-ring (bicyclic) bond motifs is 1. The molecule has 1 fully saturated rings. The minimum atomic E-state index is -0.282. The first kappa shape index (κ1) is 16.4. The summed E-state index contributed by atoms with van der Waals surface area (Å²) in [6.45, 7) is 0.701. The van der Waals surface area contributed by atoms with Gasteiger partial charge in [-0.05, 0) is 48.1 Å². The molecule has 1 aliphatic heterocycles. The van der Waals surface area contributed by atoms with Gasteiger partial charge >= 0.3 is 0 Å². The standard InChI is InChI=1S/C19H19ClN2O3/c20-15-6-14(9-21-10-15)19(24)22-18(13-7-16(23)8-13)12-1-2-17-11(5-12)3-4-25-17/h1-2,5-6,9-10,13,16,18,23H,3-4,7-8H2,(H,22,24)/t13?,16?,18-/m0/s1. The van der Waals surface area contributed by atoms with Gasteiger partial charge in [0.2, 0.25) is 0 Å². The van der Waals surface area contributed by atoms with Crippen molar-refractivity contribution < 1.29 is 14.6 Å². The fourth-order valence-corrected chi connectivity index (χ4v) is 3.71. The number of hydrogen-bond acceptors (Lipinski definition) is 4. The lowest BCUT2D eigenvalue weighted by Crippen LogP contribution is -2.41. The van der Waals surface area contributed by atoms with Gasteiger partial charge in [-0.2, -0.15) is 0 Å². The predicted molar refractivity (Wildman–Crippen MR) is 93.8 cm³/mol. The smallest absolute Gasteiger partial charge is 0.253 e. The molecule has 1 amide bonds. The topological polar surface area (TPSA) is 71.5 Å². The van der Waals surface area contributed by atoms with Crippen molar-refractivity contribution in [1.82, 2.24) is 10.3 Å². The molecule has 130 valence electrons. The van der Waals surface area contributed by atoms with E-state index in [1.807, 2.05) is 12.1 Å².